The SMILES string of the molecule is CN1CCc2nccc(OC3CC4(C3)CN(c3ncncc3Oc3c(F)cccc3C(=O)O)C4)c2C1. The molecule has 0 amide bonds. The molecule has 2 aromatic heterocycles. The Morgan fingerprint density at radius 1 is 1.19 bits per heavy atom. The number of hydrogen-bond acceptors (Lipinski definition) is 8. The van der Waals surface area contributed by atoms with Crippen LogP contribution in [0.2, 0.25) is 0 Å². The number of carbonyl (C=O) groups is 1. The van der Waals surface area contributed by atoms with Crippen LogP contribution in [0.1, 0.15) is 34.5 Å². The van der Waals surface area contributed by atoms with Crippen molar-refractivity contribution in [2.45, 2.75) is 31.9 Å². The molecule has 10 heteroatoms. The smallest absolute Gasteiger partial charge is 0.339 e. The summed E-state index contributed by atoms with van der Waals surface area (Å²) in [6, 6.07) is 5.77. The lowest BCUT2D eigenvalue weighted by molar-refractivity contribution is -0.0352. The molecule has 1 aliphatic carbocycles. The molecule has 1 saturated carbocycles. The van der Waals surface area contributed by atoms with Gasteiger partial charge in [-0.2, -0.15) is 0 Å². The van der Waals surface area contributed by atoms with Crippen molar-refractivity contribution in [3.63, 3.8) is 0 Å². The standard InChI is InChI=1S/C26H26FN5O4/c1-31-8-6-20-18(12-31)21(5-7-29-20)35-16-9-26(10-16)13-32(14-26)24-22(11-28-15-30-24)36-23-17(25(33)34)3-2-4-19(23)27/h2-5,7,11,15-16H,6,8-10,12-14H2,1H3,(H,33,34). The predicted molar refractivity (Wildman–Crippen MR) is 128 cm³/mol. The third-order valence-corrected chi connectivity index (χ3v) is 7.30. The van der Waals surface area contributed by atoms with Crippen LogP contribution in [-0.4, -0.2) is 63.7 Å². The van der Waals surface area contributed by atoms with Gasteiger partial charge in [-0.05, 0) is 38.1 Å². The molecule has 1 aromatic carbocycles. The molecule has 3 aromatic rings. The molecule has 1 N–H and O–H groups in total. The number of fused-ring (bicyclic) bond motifs is 1. The van der Waals surface area contributed by atoms with Crippen LogP contribution in [0.3, 0.4) is 0 Å². The number of likely N-dealkylation sites (N-methyl/N-ethyl adjacent to an activating group) is 1. The average Bonchev–Trinajstić information content (AvgIpc) is 2.81. The van der Waals surface area contributed by atoms with E-state index in [-0.39, 0.29) is 28.6 Å². The number of pyridine rings is 1. The Labute approximate surface area is 207 Å². The van der Waals surface area contributed by atoms with Crippen molar-refractivity contribution in [1.29, 1.82) is 0 Å². The zero-order chi connectivity index (χ0) is 24.9. The molecular formula is C26H26FN5O4. The molecule has 186 valence electrons. The van der Waals surface area contributed by atoms with E-state index in [9.17, 15) is 14.3 Å². The molecule has 9 nitrogen and oxygen atoms in total. The van der Waals surface area contributed by atoms with Crippen LogP contribution in [-0.2, 0) is 13.0 Å². The van der Waals surface area contributed by atoms with E-state index in [1.807, 2.05) is 12.3 Å². The predicted octanol–water partition coefficient (Wildman–Crippen LogP) is 3.54. The average molecular weight is 492 g/mol. The van der Waals surface area contributed by atoms with Crippen LogP contribution in [0.15, 0.2) is 43.0 Å². The highest BCUT2D eigenvalue weighted by Crippen LogP contribution is 2.52. The summed E-state index contributed by atoms with van der Waals surface area (Å²) in [5.41, 5.74) is 2.21. The van der Waals surface area contributed by atoms with Crippen molar-refractivity contribution in [2.24, 2.45) is 5.41 Å². The Hall–Kier alpha value is -3.79. The van der Waals surface area contributed by atoms with Gasteiger partial charge in [-0.3, -0.25) is 4.98 Å². The molecular weight excluding hydrogens is 465 g/mol. The maximum absolute atomic E-state index is 14.4. The Morgan fingerprint density at radius 2 is 2.03 bits per heavy atom. The molecule has 0 atom stereocenters. The van der Waals surface area contributed by atoms with Gasteiger partial charge in [-0.25, -0.2) is 19.2 Å². The summed E-state index contributed by atoms with van der Waals surface area (Å²) in [6.45, 7) is 3.39. The number of halogens is 1. The number of aromatic nitrogens is 3. The zero-order valence-corrected chi connectivity index (χ0v) is 19.9. The van der Waals surface area contributed by atoms with E-state index in [0.717, 1.165) is 63.0 Å². The second-order valence-corrected chi connectivity index (χ2v) is 9.96. The molecule has 0 unspecified atom stereocenters. The number of nitrogens with zero attached hydrogens (tertiary/aromatic N) is 5. The third-order valence-electron chi connectivity index (χ3n) is 7.30. The van der Waals surface area contributed by atoms with Crippen LogP contribution < -0.4 is 14.4 Å². The van der Waals surface area contributed by atoms with E-state index >= 15 is 0 Å². The Kier molecular flexibility index (Phi) is 5.48. The Morgan fingerprint density at radius 3 is 2.83 bits per heavy atom. The van der Waals surface area contributed by atoms with Gasteiger partial charge in [0.2, 0.25) is 0 Å². The number of hydrogen-bond donors (Lipinski definition) is 1. The number of ether oxygens (including phenoxy) is 2. The summed E-state index contributed by atoms with van der Waals surface area (Å²) in [7, 11) is 2.11. The number of aromatic carboxylic acids is 1. The topological polar surface area (TPSA) is 101 Å². The second-order valence-electron chi connectivity index (χ2n) is 9.96. The quantitative estimate of drug-likeness (QED) is 0.555. The van der Waals surface area contributed by atoms with Gasteiger partial charge in [0.1, 0.15) is 23.7 Å². The van der Waals surface area contributed by atoms with Gasteiger partial charge in [-0.15, -0.1) is 0 Å². The lowest BCUT2D eigenvalue weighted by Gasteiger charge is -2.59. The molecule has 4 heterocycles. The molecule has 6 rings (SSSR count). The van der Waals surface area contributed by atoms with Crippen LogP contribution in [0.5, 0.6) is 17.2 Å². The summed E-state index contributed by atoms with van der Waals surface area (Å²) < 4.78 is 26.5. The van der Waals surface area contributed by atoms with Gasteiger partial charge in [0.05, 0.1) is 6.20 Å². The fraction of sp³-hybridized carbons (Fsp3) is 0.385. The van der Waals surface area contributed by atoms with Gasteiger partial charge in [0, 0.05) is 55.5 Å². The van der Waals surface area contributed by atoms with Crippen molar-refractivity contribution in [3.05, 3.63) is 65.6 Å². The lowest BCUT2D eigenvalue weighted by atomic mass is 9.61. The van der Waals surface area contributed by atoms with E-state index in [1.54, 1.807) is 0 Å². The van der Waals surface area contributed by atoms with E-state index in [2.05, 4.69) is 31.8 Å². The van der Waals surface area contributed by atoms with E-state index in [0.29, 0.717) is 5.82 Å². The highest BCUT2D eigenvalue weighted by Gasteiger charge is 2.54. The number of para-hydroxylation sites is 1. The van der Waals surface area contributed by atoms with Crippen molar-refractivity contribution >= 4 is 11.8 Å². The maximum Gasteiger partial charge on any atom is 0.339 e. The van der Waals surface area contributed by atoms with E-state index in [1.165, 1.54) is 30.2 Å². The van der Waals surface area contributed by atoms with E-state index < -0.39 is 11.8 Å². The van der Waals surface area contributed by atoms with Gasteiger partial charge in [0.15, 0.2) is 23.1 Å². The first-order chi connectivity index (χ1) is 17.4. The first-order valence-corrected chi connectivity index (χ1v) is 12.0. The minimum absolute atomic E-state index is 0.140. The van der Waals surface area contributed by atoms with Gasteiger partial charge >= 0.3 is 5.97 Å². The summed E-state index contributed by atoms with van der Waals surface area (Å²) in [5.74, 6) is -0.694. The number of carboxylic acid groups (broad SMARTS) is 1. The summed E-state index contributed by atoms with van der Waals surface area (Å²) in [4.78, 5) is 28.7. The van der Waals surface area contributed by atoms with Crippen LogP contribution in [0.25, 0.3) is 0 Å². The number of carboxylic acids is 1. The van der Waals surface area contributed by atoms with Gasteiger partial charge < -0.3 is 24.4 Å². The minimum atomic E-state index is -1.27. The van der Waals surface area contributed by atoms with Crippen molar-refractivity contribution < 1.29 is 23.8 Å². The fourth-order valence-electron chi connectivity index (χ4n) is 5.51. The Balaban J connectivity index is 1.12. The van der Waals surface area contributed by atoms with Gasteiger partial charge in [0.25, 0.3) is 0 Å². The second kappa shape index (κ2) is 8.70. The normalized spacial score (nSPS) is 18.8. The zero-order valence-electron chi connectivity index (χ0n) is 19.9. The highest BCUT2D eigenvalue weighted by atomic mass is 19.1. The van der Waals surface area contributed by atoms with Crippen molar-refractivity contribution in [3.8, 4) is 17.2 Å². The molecule has 0 radical (unpaired) electrons. The van der Waals surface area contributed by atoms with Gasteiger partial charge in [-0.1, -0.05) is 6.07 Å². The van der Waals surface area contributed by atoms with Crippen LogP contribution >= 0.6 is 0 Å². The number of benzene rings is 1. The lowest BCUT2D eigenvalue weighted by Crippen LogP contribution is -2.65. The van der Waals surface area contributed by atoms with Crippen molar-refractivity contribution in [1.82, 2.24) is 19.9 Å². The molecule has 2 aliphatic heterocycles. The molecule has 0 bridgehead atoms. The highest BCUT2D eigenvalue weighted by molar-refractivity contribution is 5.91. The fourth-order valence-corrected chi connectivity index (χ4v) is 5.51. The minimum Gasteiger partial charge on any atom is -0.490 e. The molecule has 36 heavy (non-hydrogen) atoms. The maximum atomic E-state index is 14.4. The number of anilines is 1. The summed E-state index contributed by atoms with van der Waals surface area (Å²) in [6.07, 6.45) is 7.65. The first-order valence-electron chi connectivity index (χ1n) is 12.0. The van der Waals surface area contributed by atoms with Crippen LogP contribution in [0.4, 0.5) is 10.2 Å². The largest absolute Gasteiger partial charge is 0.490 e. The molecule has 1 spiro atoms. The summed E-state index contributed by atoms with van der Waals surface area (Å²) in [5, 5.41) is 9.41. The van der Waals surface area contributed by atoms with Crippen molar-refractivity contribution in [2.75, 3.05) is 31.6 Å². The molecule has 3 aliphatic rings. The van der Waals surface area contributed by atoms with Crippen LogP contribution in [0, 0.1) is 11.2 Å². The Bertz CT molecular complexity index is 1320. The summed E-state index contributed by atoms with van der Waals surface area (Å²) >= 11 is 0. The molecule has 1 saturated heterocycles. The molecule has 2 fully saturated rings. The third kappa shape index (κ3) is 4.01. The monoisotopic (exact) mass is 491 g/mol. The van der Waals surface area contributed by atoms with E-state index in [4.69, 9.17) is 9.47 Å². The number of rotatable bonds is 6. The first kappa shape index (κ1) is 22.7.